The molecule has 0 bridgehead atoms. The highest BCUT2D eigenvalue weighted by atomic mass is 35.5. The minimum Gasteiger partial charge on any atom is -0.495 e. The summed E-state index contributed by atoms with van der Waals surface area (Å²) in [5.41, 5.74) is 2.56. The maximum absolute atomic E-state index is 14.4. The first-order valence-electron chi connectivity index (χ1n) is 14.3. The SMILES string of the molecule is CCNC(=O)[C@H](Cc1ccccc1)N(Cc1cccc(Cl)c1)C(=O)CN(c1ccc(OC)c(Cl)c1)S(=O)(=O)c1ccc(C)cc1. The Balaban J connectivity index is 1.82. The number of carbonyl (C=O) groups excluding carboxylic acids is 2. The van der Waals surface area contributed by atoms with Crippen molar-refractivity contribution in [2.75, 3.05) is 24.5 Å². The number of sulfonamides is 1. The van der Waals surface area contributed by atoms with Gasteiger partial charge in [-0.25, -0.2) is 8.42 Å². The number of anilines is 1. The molecule has 0 radical (unpaired) electrons. The van der Waals surface area contributed by atoms with Crippen molar-refractivity contribution in [1.29, 1.82) is 0 Å². The van der Waals surface area contributed by atoms with E-state index in [1.807, 2.05) is 37.3 Å². The van der Waals surface area contributed by atoms with Crippen LogP contribution in [0.2, 0.25) is 10.0 Å². The number of benzene rings is 4. The molecule has 0 unspecified atom stereocenters. The second-order valence-corrected chi connectivity index (χ2v) is 13.1. The number of rotatable bonds is 13. The van der Waals surface area contributed by atoms with Crippen LogP contribution >= 0.6 is 23.2 Å². The quantitative estimate of drug-likeness (QED) is 0.181. The molecular weight excluding hydrogens is 633 g/mol. The lowest BCUT2D eigenvalue weighted by Gasteiger charge is -2.34. The van der Waals surface area contributed by atoms with Crippen molar-refractivity contribution < 1.29 is 22.7 Å². The van der Waals surface area contributed by atoms with Gasteiger partial charge in [0.05, 0.1) is 22.7 Å². The van der Waals surface area contributed by atoms with Crippen LogP contribution in [0.1, 0.15) is 23.6 Å². The summed E-state index contributed by atoms with van der Waals surface area (Å²) in [6, 6.07) is 26.2. The molecule has 0 aliphatic rings. The lowest BCUT2D eigenvalue weighted by atomic mass is 10.0. The standard InChI is InChI=1S/C34H35Cl2N3O5S/c1-4-37-34(41)31(20-25-9-6-5-7-10-25)38(22-26-11-8-12-27(35)19-26)33(40)23-39(28-15-18-32(44-3)30(36)21-28)45(42,43)29-16-13-24(2)14-17-29/h5-19,21,31H,4,20,22-23H2,1-3H3,(H,37,41)/t31-/m0/s1. The second kappa shape index (κ2) is 15.3. The maximum atomic E-state index is 14.4. The maximum Gasteiger partial charge on any atom is 0.264 e. The minimum atomic E-state index is -4.27. The fourth-order valence-corrected chi connectivity index (χ4v) is 6.73. The lowest BCUT2D eigenvalue weighted by molar-refractivity contribution is -0.140. The molecule has 11 heteroatoms. The highest BCUT2D eigenvalue weighted by molar-refractivity contribution is 7.92. The number of hydrogen-bond donors (Lipinski definition) is 1. The molecular formula is C34H35Cl2N3O5S. The Bertz CT molecular complexity index is 1730. The van der Waals surface area contributed by atoms with Crippen LogP contribution in [-0.2, 0) is 32.6 Å². The number of nitrogens with one attached hydrogen (secondary N) is 1. The highest BCUT2D eigenvalue weighted by Crippen LogP contribution is 2.32. The van der Waals surface area contributed by atoms with Crippen molar-refractivity contribution in [3.05, 3.63) is 124 Å². The average Bonchev–Trinajstić information content (AvgIpc) is 3.02. The Morgan fingerprint density at radius 2 is 1.58 bits per heavy atom. The fraction of sp³-hybridized carbons (Fsp3) is 0.235. The molecule has 45 heavy (non-hydrogen) atoms. The Hall–Kier alpha value is -4.05. The lowest BCUT2D eigenvalue weighted by Crippen LogP contribution is -2.53. The van der Waals surface area contributed by atoms with E-state index in [2.05, 4.69) is 5.32 Å². The van der Waals surface area contributed by atoms with Gasteiger partial charge in [0.1, 0.15) is 18.3 Å². The van der Waals surface area contributed by atoms with Crippen molar-refractivity contribution in [1.82, 2.24) is 10.2 Å². The molecule has 0 fully saturated rings. The van der Waals surface area contributed by atoms with E-state index in [9.17, 15) is 18.0 Å². The van der Waals surface area contributed by atoms with Gasteiger partial charge in [-0.1, -0.05) is 83.4 Å². The molecule has 1 atom stereocenters. The van der Waals surface area contributed by atoms with E-state index in [0.29, 0.717) is 22.9 Å². The molecule has 0 saturated heterocycles. The van der Waals surface area contributed by atoms with Gasteiger partial charge in [0.25, 0.3) is 10.0 Å². The van der Waals surface area contributed by atoms with Gasteiger partial charge in [-0.15, -0.1) is 0 Å². The van der Waals surface area contributed by atoms with E-state index >= 15 is 0 Å². The predicted molar refractivity (Wildman–Crippen MR) is 178 cm³/mol. The molecule has 0 aliphatic heterocycles. The Morgan fingerprint density at radius 1 is 0.889 bits per heavy atom. The Morgan fingerprint density at radius 3 is 2.20 bits per heavy atom. The topological polar surface area (TPSA) is 96.0 Å². The molecule has 0 aromatic heterocycles. The summed E-state index contributed by atoms with van der Waals surface area (Å²) in [7, 11) is -2.81. The molecule has 0 saturated carbocycles. The zero-order chi connectivity index (χ0) is 32.6. The third-order valence-corrected chi connectivity index (χ3v) is 9.49. The second-order valence-electron chi connectivity index (χ2n) is 10.4. The first kappa shape index (κ1) is 33.8. The smallest absolute Gasteiger partial charge is 0.264 e. The van der Waals surface area contributed by atoms with E-state index in [4.69, 9.17) is 27.9 Å². The van der Waals surface area contributed by atoms with Crippen LogP contribution in [-0.4, -0.2) is 51.4 Å². The largest absolute Gasteiger partial charge is 0.495 e. The fourth-order valence-electron chi connectivity index (χ4n) is 4.85. The molecule has 0 spiro atoms. The molecule has 0 aliphatic carbocycles. The summed E-state index contributed by atoms with van der Waals surface area (Å²) in [6.07, 6.45) is 0.206. The van der Waals surface area contributed by atoms with Gasteiger partial charge in [-0.05, 0) is 67.4 Å². The highest BCUT2D eigenvalue weighted by Gasteiger charge is 2.34. The number of likely N-dealkylation sites (N-methyl/N-ethyl adjacent to an activating group) is 1. The van der Waals surface area contributed by atoms with Crippen LogP contribution < -0.4 is 14.4 Å². The van der Waals surface area contributed by atoms with Gasteiger partial charge in [-0.2, -0.15) is 0 Å². The van der Waals surface area contributed by atoms with Crippen molar-refractivity contribution in [3.8, 4) is 5.75 Å². The van der Waals surface area contributed by atoms with Crippen molar-refractivity contribution >= 4 is 50.7 Å². The molecule has 4 aromatic carbocycles. The van der Waals surface area contributed by atoms with Gasteiger partial charge in [0.2, 0.25) is 11.8 Å². The van der Waals surface area contributed by atoms with Gasteiger partial charge in [-0.3, -0.25) is 13.9 Å². The summed E-state index contributed by atoms with van der Waals surface area (Å²) in [6.45, 7) is 3.40. The van der Waals surface area contributed by atoms with Crippen molar-refractivity contribution in [2.45, 2.75) is 37.8 Å². The molecule has 4 rings (SSSR count). The van der Waals surface area contributed by atoms with Gasteiger partial charge in [0, 0.05) is 24.5 Å². The molecule has 236 valence electrons. The Kier molecular flexibility index (Phi) is 11.5. The third kappa shape index (κ3) is 8.57. The number of halogens is 2. The van der Waals surface area contributed by atoms with E-state index in [-0.39, 0.29) is 34.5 Å². The van der Waals surface area contributed by atoms with Crippen LogP contribution in [0.15, 0.2) is 102 Å². The first-order valence-corrected chi connectivity index (χ1v) is 16.5. The molecule has 0 heterocycles. The number of carbonyl (C=O) groups is 2. The van der Waals surface area contributed by atoms with Gasteiger partial charge < -0.3 is 15.0 Å². The van der Waals surface area contributed by atoms with E-state index in [1.54, 1.807) is 43.3 Å². The summed E-state index contributed by atoms with van der Waals surface area (Å²) in [5.74, 6) is -0.608. The van der Waals surface area contributed by atoms with Crippen molar-refractivity contribution in [2.24, 2.45) is 0 Å². The monoisotopic (exact) mass is 667 g/mol. The number of hydrogen-bond acceptors (Lipinski definition) is 5. The number of nitrogens with zero attached hydrogens (tertiary/aromatic N) is 2. The van der Waals surface area contributed by atoms with Crippen LogP contribution in [0.3, 0.4) is 0 Å². The summed E-state index contributed by atoms with van der Waals surface area (Å²) < 4.78 is 34.6. The van der Waals surface area contributed by atoms with E-state index < -0.39 is 28.5 Å². The molecule has 8 nitrogen and oxygen atoms in total. The number of aryl methyl sites for hydroxylation is 1. The Labute approximate surface area is 274 Å². The molecule has 1 N–H and O–H groups in total. The zero-order valence-corrected chi connectivity index (χ0v) is 27.6. The van der Waals surface area contributed by atoms with Crippen LogP contribution in [0.25, 0.3) is 0 Å². The third-order valence-electron chi connectivity index (χ3n) is 7.18. The summed E-state index contributed by atoms with van der Waals surface area (Å²) >= 11 is 12.7. The summed E-state index contributed by atoms with van der Waals surface area (Å²) in [5, 5.41) is 3.48. The normalized spacial score (nSPS) is 11.8. The van der Waals surface area contributed by atoms with E-state index in [0.717, 1.165) is 15.4 Å². The van der Waals surface area contributed by atoms with E-state index in [1.165, 1.54) is 42.3 Å². The predicted octanol–water partition coefficient (Wildman–Crippen LogP) is 6.28. The average molecular weight is 669 g/mol. The van der Waals surface area contributed by atoms with Gasteiger partial charge in [0.15, 0.2) is 0 Å². The number of amides is 2. The van der Waals surface area contributed by atoms with Crippen LogP contribution in [0.4, 0.5) is 5.69 Å². The zero-order valence-electron chi connectivity index (χ0n) is 25.2. The van der Waals surface area contributed by atoms with Gasteiger partial charge >= 0.3 is 0 Å². The minimum absolute atomic E-state index is 0.00112. The number of methoxy groups -OCH3 is 1. The van der Waals surface area contributed by atoms with Crippen LogP contribution in [0, 0.1) is 6.92 Å². The summed E-state index contributed by atoms with van der Waals surface area (Å²) in [4.78, 5) is 29.4. The number of ether oxygens (including phenoxy) is 1. The molecule has 4 aromatic rings. The molecule has 2 amide bonds. The van der Waals surface area contributed by atoms with Crippen LogP contribution in [0.5, 0.6) is 5.75 Å². The van der Waals surface area contributed by atoms with Crippen molar-refractivity contribution in [3.63, 3.8) is 0 Å². The first-order chi connectivity index (χ1) is 21.5.